The molecule has 0 unspecified atom stereocenters. The number of carbonyl (C=O) groups is 1. The van der Waals surface area contributed by atoms with E-state index in [-0.39, 0.29) is 6.42 Å². The van der Waals surface area contributed by atoms with Gasteiger partial charge in [-0.2, -0.15) is 0 Å². The van der Waals surface area contributed by atoms with Crippen molar-refractivity contribution in [3.63, 3.8) is 0 Å². The molecule has 0 heterocycles. The van der Waals surface area contributed by atoms with Gasteiger partial charge in [0.2, 0.25) is 0 Å². The first-order chi connectivity index (χ1) is 14.0. The second-order valence-corrected chi connectivity index (χ2v) is 7.74. The molecule has 1 N–H and O–H groups in total. The van der Waals surface area contributed by atoms with Gasteiger partial charge in [-0.25, -0.2) is 0 Å². The van der Waals surface area contributed by atoms with Gasteiger partial charge in [0.1, 0.15) is 11.5 Å². The molecular formula is C25H19BrO3. The molecule has 0 aliphatic heterocycles. The zero-order valence-corrected chi connectivity index (χ0v) is 17.4. The maximum absolute atomic E-state index is 11.4. The highest BCUT2D eigenvalue weighted by Gasteiger charge is 2.26. The Morgan fingerprint density at radius 2 is 1.72 bits per heavy atom. The highest BCUT2D eigenvalue weighted by Crippen LogP contribution is 2.46. The number of aliphatic carboxylic acids is 1. The summed E-state index contributed by atoms with van der Waals surface area (Å²) in [5, 5.41) is 9.38. The van der Waals surface area contributed by atoms with Gasteiger partial charge in [-0.1, -0.05) is 58.4 Å². The van der Waals surface area contributed by atoms with Crippen molar-refractivity contribution in [1.29, 1.82) is 0 Å². The Kier molecular flexibility index (Phi) is 5.36. The number of halogens is 1. The van der Waals surface area contributed by atoms with Crippen molar-refractivity contribution in [1.82, 2.24) is 0 Å². The van der Waals surface area contributed by atoms with E-state index in [2.05, 4.69) is 22.0 Å². The Labute approximate surface area is 178 Å². The number of hydrogen-bond donors (Lipinski definition) is 1. The Balaban J connectivity index is 1.75. The van der Waals surface area contributed by atoms with Gasteiger partial charge < -0.3 is 9.84 Å². The second-order valence-electron chi connectivity index (χ2n) is 6.88. The van der Waals surface area contributed by atoms with Gasteiger partial charge in [0.05, 0.1) is 6.42 Å². The minimum Gasteiger partial charge on any atom is -0.481 e. The van der Waals surface area contributed by atoms with Crippen LogP contribution >= 0.6 is 15.9 Å². The van der Waals surface area contributed by atoms with Gasteiger partial charge in [0.25, 0.3) is 0 Å². The largest absolute Gasteiger partial charge is 0.481 e. The normalized spacial score (nSPS) is 14.2. The molecule has 0 aromatic heterocycles. The van der Waals surface area contributed by atoms with Crippen molar-refractivity contribution in [3.05, 3.63) is 99.5 Å². The first kappa shape index (κ1) is 19.2. The van der Waals surface area contributed by atoms with E-state index in [4.69, 9.17) is 4.74 Å². The van der Waals surface area contributed by atoms with Crippen molar-refractivity contribution in [2.75, 3.05) is 0 Å². The number of benzene rings is 3. The fourth-order valence-electron chi connectivity index (χ4n) is 3.62. The van der Waals surface area contributed by atoms with Crippen LogP contribution in [0.4, 0.5) is 0 Å². The molecule has 4 rings (SSSR count). The van der Waals surface area contributed by atoms with E-state index in [9.17, 15) is 9.90 Å². The molecule has 0 fully saturated rings. The quantitative estimate of drug-likeness (QED) is 0.456. The highest BCUT2D eigenvalue weighted by molar-refractivity contribution is 9.10. The van der Waals surface area contributed by atoms with E-state index >= 15 is 0 Å². The SMILES string of the molecule is CC1=C(CC(=O)O)c2c(Br)cccc2/C1=C\c1cccc(Oc2ccccc2)c1. The summed E-state index contributed by atoms with van der Waals surface area (Å²) in [6.45, 7) is 1.99. The number of fused-ring (bicyclic) bond motifs is 1. The van der Waals surface area contributed by atoms with Crippen LogP contribution in [0.1, 0.15) is 30.0 Å². The van der Waals surface area contributed by atoms with Gasteiger partial charge in [-0.05, 0) is 71.2 Å². The Hall–Kier alpha value is -3.11. The zero-order chi connectivity index (χ0) is 20.4. The third-order valence-corrected chi connectivity index (χ3v) is 5.60. The lowest BCUT2D eigenvalue weighted by molar-refractivity contribution is -0.135. The molecule has 29 heavy (non-hydrogen) atoms. The van der Waals surface area contributed by atoms with Gasteiger partial charge >= 0.3 is 5.97 Å². The summed E-state index contributed by atoms with van der Waals surface area (Å²) in [6.07, 6.45) is 2.09. The number of rotatable bonds is 5. The second kappa shape index (κ2) is 8.10. The lowest BCUT2D eigenvalue weighted by Crippen LogP contribution is -1.97. The molecule has 0 spiro atoms. The molecule has 0 saturated carbocycles. The summed E-state index contributed by atoms with van der Waals surface area (Å²) in [7, 11) is 0. The number of carboxylic acid groups (broad SMARTS) is 1. The minimum absolute atomic E-state index is 0.00402. The van der Waals surface area contributed by atoms with E-state index in [1.807, 2.05) is 79.7 Å². The lowest BCUT2D eigenvalue weighted by Gasteiger charge is -2.08. The molecule has 4 heteroatoms. The van der Waals surface area contributed by atoms with Crippen LogP contribution in [-0.4, -0.2) is 11.1 Å². The molecule has 1 aliphatic rings. The van der Waals surface area contributed by atoms with Crippen LogP contribution < -0.4 is 4.74 Å². The molecule has 0 amide bonds. The summed E-state index contributed by atoms with van der Waals surface area (Å²) in [5.41, 5.74) is 5.88. The summed E-state index contributed by atoms with van der Waals surface area (Å²) < 4.78 is 6.86. The fraction of sp³-hybridized carbons (Fsp3) is 0.0800. The number of allylic oxidation sites excluding steroid dienone is 2. The Bertz CT molecular complexity index is 1140. The van der Waals surface area contributed by atoms with Crippen LogP contribution in [0, 0.1) is 0 Å². The summed E-state index contributed by atoms with van der Waals surface area (Å²) >= 11 is 3.59. The van der Waals surface area contributed by atoms with E-state index in [0.717, 1.165) is 49.4 Å². The van der Waals surface area contributed by atoms with Crippen molar-refractivity contribution >= 4 is 39.1 Å². The Morgan fingerprint density at radius 1 is 1.00 bits per heavy atom. The molecule has 3 aromatic carbocycles. The van der Waals surface area contributed by atoms with E-state index < -0.39 is 5.97 Å². The lowest BCUT2D eigenvalue weighted by atomic mass is 10.0. The molecule has 144 valence electrons. The average molecular weight is 447 g/mol. The number of ether oxygens (including phenoxy) is 1. The smallest absolute Gasteiger partial charge is 0.307 e. The van der Waals surface area contributed by atoms with Crippen molar-refractivity contribution < 1.29 is 14.6 Å². The van der Waals surface area contributed by atoms with Crippen LogP contribution in [0.3, 0.4) is 0 Å². The zero-order valence-electron chi connectivity index (χ0n) is 15.9. The van der Waals surface area contributed by atoms with Gasteiger partial charge in [0, 0.05) is 10.0 Å². The van der Waals surface area contributed by atoms with Gasteiger partial charge in [0.15, 0.2) is 0 Å². The van der Waals surface area contributed by atoms with Crippen LogP contribution in [-0.2, 0) is 4.79 Å². The standard InChI is InChI=1S/C25H19BrO3/c1-16-21(20-11-6-12-23(26)25(20)22(16)15-24(27)28)14-17-7-5-10-19(13-17)29-18-8-3-2-4-9-18/h2-14H,15H2,1H3,(H,27,28)/b21-14-. The first-order valence-corrected chi connectivity index (χ1v) is 10.1. The molecule has 1 aliphatic carbocycles. The minimum atomic E-state index is -0.833. The maximum atomic E-state index is 11.4. The summed E-state index contributed by atoms with van der Waals surface area (Å²) in [6, 6.07) is 23.5. The van der Waals surface area contributed by atoms with Gasteiger partial charge in [-0.3, -0.25) is 4.79 Å². The highest BCUT2D eigenvalue weighted by atomic mass is 79.9. The predicted molar refractivity (Wildman–Crippen MR) is 120 cm³/mol. The number of carboxylic acids is 1. The van der Waals surface area contributed by atoms with E-state index in [1.54, 1.807) is 0 Å². The number of para-hydroxylation sites is 1. The molecule has 0 bridgehead atoms. The summed E-state index contributed by atoms with van der Waals surface area (Å²) in [5.74, 6) is 0.707. The fourth-order valence-corrected chi connectivity index (χ4v) is 4.23. The van der Waals surface area contributed by atoms with Crippen molar-refractivity contribution in [2.45, 2.75) is 13.3 Å². The topological polar surface area (TPSA) is 46.5 Å². The predicted octanol–water partition coefficient (Wildman–Crippen LogP) is 7.04. The van der Waals surface area contributed by atoms with E-state index in [1.165, 1.54) is 0 Å². The Morgan fingerprint density at radius 3 is 2.48 bits per heavy atom. The monoisotopic (exact) mass is 446 g/mol. The molecule has 3 aromatic rings. The average Bonchev–Trinajstić information content (AvgIpc) is 2.95. The first-order valence-electron chi connectivity index (χ1n) is 9.29. The third-order valence-electron chi connectivity index (χ3n) is 4.94. The van der Waals surface area contributed by atoms with Crippen LogP contribution in [0.25, 0.3) is 17.2 Å². The van der Waals surface area contributed by atoms with Crippen molar-refractivity contribution in [2.24, 2.45) is 0 Å². The van der Waals surface area contributed by atoms with Crippen LogP contribution in [0.5, 0.6) is 11.5 Å². The van der Waals surface area contributed by atoms with Crippen molar-refractivity contribution in [3.8, 4) is 11.5 Å². The maximum Gasteiger partial charge on any atom is 0.307 e. The van der Waals surface area contributed by atoms with Crippen LogP contribution in [0.2, 0.25) is 0 Å². The summed E-state index contributed by atoms with van der Waals surface area (Å²) in [4.78, 5) is 11.4. The van der Waals surface area contributed by atoms with Gasteiger partial charge in [-0.15, -0.1) is 0 Å². The molecule has 0 atom stereocenters. The third kappa shape index (κ3) is 4.03. The molecular weight excluding hydrogens is 428 g/mol. The molecule has 0 radical (unpaired) electrons. The van der Waals surface area contributed by atoms with Crippen LogP contribution in [0.15, 0.2) is 82.8 Å². The van der Waals surface area contributed by atoms with E-state index in [0.29, 0.717) is 0 Å². The molecule has 3 nitrogen and oxygen atoms in total. The molecule has 0 saturated heterocycles. The number of hydrogen-bond acceptors (Lipinski definition) is 2.